The fourth-order valence-electron chi connectivity index (χ4n) is 2.35. The molecule has 1 heterocycles. The van der Waals surface area contributed by atoms with Gasteiger partial charge in [0.05, 0.1) is 16.9 Å². The van der Waals surface area contributed by atoms with Crippen LogP contribution in [0.15, 0.2) is 48.8 Å². The van der Waals surface area contributed by atoms with Gasteiger partial charge in [0.25, 0.3) is 0 Å². The van der Waals surface area contributed by atoms with Crippen molar-refractivity contribution < 1.29 is 9.90 Å². The third-order valence-electron chi connectivity index (χ3n) is 3.39. The molecule has 0 amide bonds. The highest BCUT2D eigenvalue weighted by molar-refractivity contribution is 5.91. The molecular weight excluding hydrogens is 252 g/mol. The van der Waals surface area contributed by atoms with Crippen molar-refractivity contribution in [1.82, 2.24) is 0 Å². The third kappa shape index (κ3) is 2.01. The van der Waals surface area contributed by atoms with E-state index in [-0.39, 0.29) is 0 Å². The van der Waals surface area contributed by atoms with E-state index in [0.717, 1.165) is 33.9 Å². The fraction of sp³-hybridized carbons (Fsp3) is 0.0625. The molecule has 3 rings (SSSR count). The van der Waals surface area contributed by atoms with E-state index in [9.17, 15) is 4.79 Å². The third-order valence-corrected chi connectivity index (χ3v) is 3.39. The number of aromatic carboxylic acids is 1. The van der Waals surface area contributed by atoms with Gasteiger partial charge in [-0.1, -0.05) is 18.7 Å². The van der Waals surface area contributed by atoms with Crippen LogP contribution in [0.2, 0.25) is 0 Å². The van der Waals surface area contributed by atoms with E-state index in [1.54, 1.807) is 12.1 Å². The topological polar surface area (TPSA) is 61.4 Å². The maximum absolute atomic E-state index is 11.1. The van der Waals surface area contributed by atoms with Gasteiger partial charge in [0.15, 0.2) is 0 Å². The van der Waals surface area contributed by atoms with Crippen LogP contribution in [0.5, 0.6) is 0 Å². The Morgan fingerprint density at radius 2 is 1.85 bits per heavy atom. The zero-order valence-electron chi connectivity index (χ0n) is 11.0. The molecule has 0 fully saturated rings. The fourth-order valence-corrected chi connectivity index (χ4v) is 2.35. The number of benzene rings is 2. The van der Waals surface area contributed by atoms with Crippen LogP contribution < -0.4 is 10.6 Å². The number of fused-ring (bicyclic) bond motifs is 1. The summed E-state index contributed by atoms with van der Waals surface area (Å²) in [5.41, 5.74) is 5.17. The first-order valence-corrected chi connectivity index (χ1v) is 6.26. The van der Waals surface area contributed by atoms with Crippen molar-refractivity contribution in [3.05, 3.63) is 59.9 Å². The van der Waals surface area contributed by atoms with Gasteiger partial charge in [0.2, 0.25) is 0 Å². The van der Waals surface area contributed by atoms with Crippen molar-refractivity contribution in [2.45, 2.75) is 6.92 Å². The number of carbonyl (C=O) groups is 1. The Bertz CT molecular complexity index is 735. The highest BCUT2D eigenvalue weighted by atomic mass is 16.4. The molecule has 3 N–H and O–H groups in total. The molecule has 100 valence electrons. The first kappa shape index (κ1) is 12.3. The summed E-state index contributed by atoms with van der Waals surface area (Å²) in [7, 11) is 0. The molecule has 0 aromatic heterocycles. The molecule has 2 aromatic carbocycles. The Kier molecular flexibility index (Phi) is 2.71. The molecule has 0 radical (unpaired) electrons. The normalized spacial score (nSPS) is 12.6. The van der Waals surface area contributed by atoms with Crippen LogP contribution in [-0.4, -0.2) is 11.1 Å². The van der Waals surface area contributed by atoms with Crippen molar-refractivity contribution in [2.75, 3.05) is 10.6 Å². The quantitative estimate of drug-likeness (QED) is 0.776. The predicted octanol–water partition coefficient (Wildman–Crippen LogP) is 3.67. The summed E-state index contributed by atoms with van der Waals surface area (Å²) >= 11 is 0. The van der Waals surface area contributed by atoms with Crippen LogP contribution in [0.3, 0.4) is 0 Å². The summed E-state index contributed by atoms with van der Waals surface area (Å²) in [5, 5.41) is 15.4. The van der Waals surface area contributed by atoms with Crippen molar-refractivity contribution in [3.63, 3.8) is 0 Å². The molecule has 0 unspecified atom stereocenters. The molecule has 1 aliphatic rings. The standard InChI is InChI=1S/C16H14N2O2/c1-9-3-4-12(16(19)20)7-13(9)11-5-6-14-15(8-11)18-10(2)17-14/h3-8,17-18H,2H2,1H3,(H,19,20). The van der Waals surface area contributed by atoms with Crippen LogP contribution in [0, 0.1) is 6.92 Å². The van der Waals surface area contributed by atoms with Crippen molar-refractivity contribution in [3.8, 4) is 11.1 Å². The lowest BCUT2D eigenvalue weighted by atomic mass is 9.97. The van der Waals surface area contributed by atoms with Crippen molar-refractivity contribution in [2.24, 2.45) is 0 Å². The van der Waals surface area contributed by atoms with Crippen molar-refractivity contribution >= 4 is 17.3 Å². The van der Waals surface area contributed by atoms with Gasteiger partial charge in [0, 0.05) is 0 Å². The zero-order valence-corrected chi connectivity index (χ0v) is 11.0. The second-order valence-corrected chi connectivity index (χ2v) is 4.82. The maximum Gasteiger partial charge on any atom is 0.335 e. The highest BCUT2D eigenvalue weighted by Gasteiger charge is 2.14. The molecule has 0 aliphatic carbocycles. The Hall–Kier alpha value is -2.75. The van der Waals surface area contributed by atoms with E-state index in [1.165, 1.54) is 0 Å². The number of carboxylic acid groups (broad SMARTS) is 1. The van der Waals surface area contributed by atoms with E-state index in [1.807, 2.05) is 31.2 Å². The van der Waals surface area contributed by atoms with Crippen LogP contribution in [0.25, 0.3) is 11.1 Å². The van der Waals surface area contributed by atoms with Crippen LogP contribution in [-0.2, 0) is 0 Å². The number of hydrogen-bond donors (Lipinski definition) is 3. The molecule has 0 saturated carbocycles. The summed E-state index contributed by atoms with van der Waals surface area (Å²) < 4.78 is 0. The lowest BCUT2D eigenvalue weighted by Crippen LogP contribution is -1.97. The van der Waals surface area contributed by atoms with Gasteiger partial charge in [-0.25, -0.2) is 4.79 Å². The van der Waals surface area contributed by atoms with E-state index in [0.29, 0.717) is 5.56 Å². The van der Waals surface area contributed by atoms with Gasteiger partial charge < -0.3 is 15.7 Å². The second kappa shape index (κ2) is 4.42. The van der Waals surface area contributed by atoms with Gasteiger partial charge in [-0.3, -0.25) is 0 Å². The Balaban J connectivity index is 2.10. The molecule has 4 nitrogen and oxygen atoms in total. The number of carboxylic acids is 1. The summed E-state index contributed by atoms with van der Waals surface area (Å²) in [5.74, 6) is -0.172. The highest BCUT2D eigenvalue weighted by Crippen LogP contribution is 2.35. The summed E-state index contributed by atoms with van der Waals surface area (Å²) in [6.45, 7) is 5.80. The van der Waals surface area contributed by atoms with Crippen LogP contribution in [0.4, 0.5) is 11.4 Å². The van der Waals surface area contributed by atoms with E-state index >= 15 is 0 Å². The van der Waals surface area contributed by atoms with Crippen molar-refractivity contribution in [1.29, 1.82) is 0 Å². The molecule has 0 bridgehead atoms. The maximum atomic E-state index is 11.1. The number of hydrogen-bond acceptors (Lipinski definition) is 3. The Labute approximate surface area is 116 Å². The Morgan fingerprint density at radius 3 is 2.60 bits per heavy atom. The number of rotatable bonds is 2. The second-order valence-electron chi connectivity index (χ2n) is 4.82. The number of aryl methyl sites for hydroxylation is 1. The molecule has 0 saturated heterocycles. The van der Waals surface area contributed by atoms with Gasteiger partial charge in [-0.2, -0.15) is 0 Å². The van der Waals surface area contributed by atoms with Gasteiger partial charge >= 0.3 is 5.97 Å². The van der Waals surface area contributed by atoms with E-state index in [2.05, 4.69) is 17.2 Å². The minimum absolute atomic E-state index is 0.293. The van der Waals surface area contributed by atoms with Gasteiger partial charge in [-0.15, -0.1) is 0 Å². The average molecular weight is 266 g/mol. The van der Waals surface area contributed by atoms with Gasteiger partial charge in [0.1, 0.15) is 5.82 Å². The van der Waals surface area contributed by atoms with E-state index in [4.69, 9.17) is 5.11 Å². The average Bonchev–Trinajstić information content (AvgIpc) is 2.78. The minimum atomic E-state index is -0.916. The summed E-state index contributed by atoms with van der Waals surface area (Å²) in [6.07, 6.45) is 0. The summed E-state index contributed by atoms with van der Waals surface area (Å²) in [6, 6.07) is 11.1. The number of anilines is 2. The first-order valence-electron chi connectivity index (χ1n) is 6.26. The molecule has 20 heavy (non-hydrogen) atoms. The van der Waals surface area contributed by atoms with Crippen LogP contribution >= 0.6 is 0 Å². The SMILES string of the molecule is C=C1Nc2ccc(-c3cc(C(=O)O)ccc3C)cc2N1. The molecule has 1 aliphatic heterocycles. The molecule has 0 atom stereocenters. The molecular formula is C16H14N2O2. The lowest BCUT2D eigenvalue weighted by molar-refractivity contribution is 0.0697. The monoisotopic (exact) mass is 266 g/mol. The molecule has 0 spiro atoms. The summed E-state index contributed by atoms with van der Waals surface area (Å²) in [4.78, 5) is 11.1. The lowest BCUT2D eigenvalue weighted by Gasteiger charge is -2.09. The first-order chi connectivity index (χ1) is 9.54. The van der Waals surface area contributed by atoms with Gasteiger partial charge in [-0.05, 0) is 47.9 Å². The van der Waals surface area contributed by atoms with E-state index < -0.39 is 5.97 Å². The Morgan fingerprint density at radius 1 is 1.10 bits per heavy atom. The zero-order chi connectivity index (χ0) is 14.3. The largest absolute Gasteiger partial charge is 0.478 e. The minimum Gasteiger partial charge on any atom is -0.478 e. The molecule has 4 heteroatoms. The number of nitrogens with one attached hydrogen (secondary N) is 2. The smallest absolute Gasteiger partial charge is 0.335 e. The van der Waals surface area contributed by atoms with Crippen LogP contribution in [0.1, 0.15) is 15.9 Å². The molecule has 2 aromatic rings. The predicted molar refractivity (Wildman–Crippen MR) is 80.0 cm³/mol.